The molecule has 1 aromatic carbocycles. The van der Waals surface area contributed by atoms with E-state index >= 15 is 0 Å². The first kappa shape index (κ1) is 17.9. The van der Waals surface area contributed by atoms with E-state index in [9.17, 15) is 5.11 Å². The SMILES string of the molecule is Cc1cc(CNCC2(CCO)CCOC2)ccc1Oc1cccnc1. The molecule has 3 rings (SSSR count). The molecule has 5 heteroatoms. The summed E-state index contributed by atoms with van der Waals surface area (Å²) < 4.78 is 11.4. The second-order valence-electron chi connectivity index (χ2n) is 6.77. The van der Waals surface area contributed by atoms with E-state index in [-0.39, 0.29) is 12.0 Å². The van der Waals surface area contributed by atoms with Gasteiger partial charge in [0.25, 0.3) is 0 Å². The third kappa shape index (κ3) is 4.78. The molecule has 1 saturated heterocycles. The maximum absolute atomic E-state index is 9.29. The Morgan fingerprint density at radius 1 is 1.36 bits per heavy atom. The van der Waals surface area contributed by atoms with Gasteiger partial charge in [0.15, 0.2) is 0 Å². The summed E-state index contributed by atoms with van der Waals surface area (Å²) in [5, 5.41) is 12.8. The van der Waals surface area contributed by atoms with Crippen LogP contribution >= 0.6 is 0 Å². The van der Waals surface area contributed by atoms with Crippen molar-refractivity contribution in [2.45, 2.75) is 26.3 Å². The Bertz CT molecular complexity index is 670. The lowest BCUT2D eigenvalue weighted by atomic mass is 9.84. The largest absolute Gasteiger partial charge is 0.455 e. The molecule has 1 aliphatic rings. The van der Waals surface area contributed by atoms with E-state index in [4.69, 9.17) is 9.47 Å². The van der Waals surface area contributed by atoms with Crippen LogP contribution in [0.15, 0.2) is 42.7 Å². The zero-order valence-electron chi connectivity index (χ0n) is 14.7. The van der Waals surface area contributed by atoms with Crippen molar-refractivity contribution in [1.82, 2.24) is 10.3 Å². The number of aliphatic hydroxyl groups is 1. The molecule has 2 aromatic rings. The summed E-state index contributed by atoms with van der Waals surface area (Å²) >= 11 is 0. The van der Waals surface area contributed by atoms with Crippen LogP contribution in [0.5, 0.6) is 11.5 Å². The van der Waals surface area contributed by atoms with Crippen molar-refractivity contribution < 1.29 is 14.6 Å². The fourth-order valence-corrected chi connectivity index (χ4v) is 3.25. The molecular formula is C20H26N2O3. The van der Waals surface area contributed by atoms with Gasteiger partial charge in [-0.1, -0.05) is 12.1 Å². The van der Waals surface area contributed by atoms with Crippen LogP contribution in [0.2, 0.25) is 0 Å². The summed E-state index contributed by atoms with van der Waals surface area (Å²) in [4.78, 5) is 4.06. The topological polar surface area (TPSA) is 63.6 Å². The van der Waals surface area contributed by atoms with Gasteiger partial charge >= 0.3 is 0 Å². The molecule has 25 heavy (non-hydrogen) atoms. The molecule has 1 unspecified atom stereocenters. The second-order valence-corrected chi connectivity index (χ2v) is 6.77. The van der Waals surface area contributed by atoms with Gasteiger partial charge < -0.3 is 19.9 Å². The standard InChI is InChI=1S/C20H26N2O3/c1-16-11-17(4-5-19(16)25-18-3-2-8-21-13-18)12-22-14-20(6-9-23)7-10-24-15-20/h2-5,8,11,13,22-23H,6-7,9-10,12,14-15H2,1H3. The van der Waals surface area contributed by atoms with Gasteiger partial charge in [-0.3, -0.25) is 4.98 Å². The van der Waals surface area contributed by atoms with E-state index in [1.165, 1.54) is 5.56 Å². The molecule has 0 aliphatic carbocycles. The van der Waals surface area contributed by atoms with Crippen molar-refractivity contribution in [2.24, 2.45) is 5.41 Å². The fraction of sp³-hybridized carbons (Fsp3) is 0.450. The first-order valence-corrected chi connectivity index (χ1v) is 8.78. The Morgan fingerprint density at radius 3 is 2.96 bits per heavy atom. The van der Waals surface area contributed by atoms with E-state index in [1.807, 2.05) is 25.1 Å². The molecule has 1 aliphatic heterocycles. The Morgan fingerprint density at radius 2 is 2.28 bits per heavy atom. The summed E-state index contributed by atoms with van der Waals surface area (Å²) in [6.07, 6.45) is 5.24. The maximum atomic E-state index is 9.29. The average Bonchev–Trinajstić information content (AvgIpc) is 3.07. The third-order valence-electron chi connectivity index (χ3n) is 4.76. The normalized spacial score (nSPS) is 19.9. The molecule has 0 amide bonds. The number of aromatic nitrogens is 1. The highest BCUT2D eigenvalue weighted by atomic mass is 16.5. The van der Waals surface area contributed by atoms with Crippen LogP contribution in [-0.4, -0.2) is 36.5 Å². The van der Waals surface area contributed by atoms with Gasteiger partial charge in [0, 0.05) is 37.9 Å². The Labute approximate surface area is 149 Å². The quantitative estimate of drug-likeness (QED) is 0.772. The number of nitrogens with zero attached hydrogens (tertiary/aromatic N) is 1. The van der Waals surface area contributed by atoms with Crippen LogP contribution in [0.4, 0.5) is 0 Å². The molecule has 0 radical (unpaired) electrons. The average molecular weight is 342 g/mol. The molecule has 1 fully saturated rings. The maximum Gasteiger partial charge on any atom is 0.145 e. The van der Waals surface area contributed by atoms with E-state index in [1.54, 1.807) is 12.4 Å². The number of ether oxygens (including phenoxy) is 2. The number of rotatable bonds is 8. The van der Waals surface area contributed by atoms with Gasteiger partial charge in [-0.05, 0) is 49.1 Å². The number of hydrogen-bond acceptors (Lipinski definition) is 5. The lowest BCUT2D eigenvalue weighted by Gasteiger charge is -2.27. The first-order valence-electron chi connectivity index (χ1n) is 8.78. The number of aryl methyl sites for hydroxylation is 1. The molecule has 5 nitrogen and oxygen atoms in total. The predicted molar refractivity (Wildman–Crippen MR) is 96.8 cm³/mol. The predicted octanol–water partition coefficient (Wildman–Crippen LogP) is 3.06. The zero-order chi connectivity index (χ0) is 17.5. The number of pyridine rings is 1. The molecule has 134 valence electrons. The molecule has 2 N–H and O–H groups in total. The van der Waals surface area contributed by atoms with Crippen LogP contribution in [0.3, 0.4) is 0 Å². The van der Waals surface area contributed by atoms with Gasteiger partial charge in [0.2, 0.25) is 0 Å². The molecule has 0 bridgehead atoms. The molecule has 1 aromatic heterocycles. The van der Waals surface area contributed by atoms with Crippen molar-refractivity contribution >= 4 is 0 Å². The van der Waals surface area contributed by atoms with Crippen molar-refractivity contribution in [3.05, 3.63) is 53.9 Å². The monoisotopic (exact) mass is 342 g/mol. The smallest absolute Gasteiger partial charge is 0.145 e. The first-order chi connectivity index (χ1) is 12.2. The Kier molecular flexibility index (Phi) is 6.02. The van der Waals surface area contributed by atoms with Crippen molar-refractivity contribution in [3.8, 4) is 11.5 Å². The minimum atomic E-state index is 0.0765. The Hall–Kier alpha value is -1.95. The minimum Gasteiger partial charge on any atom is -0.455 e. The number of aliphatic hydroxyl groups excluding tert-OH is 1. The zero-order valence-corrected chi connectivity index (χ0v) is 14.7. The van der Waals surface area contributed by atoms with Gasteiger partial charge in [0.1, 0.15) is 11.5 Å². The van der Waals surface area contributed by atoms with Gasteiger partial charge in [-0.15, -0.1) is 0 Å². The highest BCUT2D eigenvalue weighted by molar-refractivity contribution is 5.39. The highest BCUT2D eigenvalue weighted by Crippen LogP contribution is 2.31. The van der Waals surface area contributed by atoms with Crippen LogP contribution < -0.4 is 10.1 Å². The van der Waals surface area contributed by atoms with E-state index in [0.29, 0.717) is 0 Å². The summed E-state index contributed by atoms with van der Waals surface area (Å²) in [5.41, 5.74) is 2.39. The highest BCUT2D eigenvalue weighted by Gasteiger charge is 2.33. The Balaban J connectivity index is 1.56. The molecule has 0 spiro atoms. The van der Waals surface area contributed by atoms with Crippen molar-refractivity contribution in [1.29, 1.82) is 0 Å². The van der Waals surface area contributed by atoms with Crippen LogP contribution in [0.25, 0.3) is 0 Å². The summed E-state index contributed by atoms with van der Waals surface area (Å²) in [5.74, 6) is 1.58. The van der Waals surface area contributed by atoms with Crippen molar-refractivity contribution in [3.63, 3.8) is 0 Å². The summed E-state index contributed by atoms with van der Waals surface area (Å²) in [7, 11) is 0. The van der Waals surface area contributed by atoms with Gasteiger partial charge in [-0.2, -0.15) is 0 Å². The summed E-state index contributed by atoms with van der Waals surface area (Å²) in [6, 6.07) is 9.98. The molecular weight excluding hydrogens is 316 g/mol. The number of benzene rings is 1. The molecule has 2 heterocycles. The lowest BCUT2D eigenvalue weighted by Crippen LogP contribution is -2.35. The van der Waals surface area contributed by atoms with Gasteiger partial charge in [-0.25, -0.2) is 0 Å². The lowest BCUT2D eigenvalue weighted by molar-refractivity contribution is 0.124. The van der Waals surface area contributed by atoms with Crippen LogP contribution in [0.1, 0.15) is 24.0 Å². The fourth-order valence-electron chi connectivity index (χ4n) is 3.25. The van der Waals surface area contributed by atoms with Crippen LogP contribution in [-0.2, 0) is 11.3 Å². The van der Waals surface area contributed by atoms with E-state index in [2.05, 4.69) is 22.4 Å². The minimum absolute atomic E-state index is 0.0765. The molecule has 0 saturated carbocycles. The second kappa shape index (κ2) is 8.43. The van der Waals surface area contributed by atoms with Crippen LogP contribution in [0, 0.1) is 12.3 Å². The van der Waals surface area contributed by atoms with E-state index < -0.39 is 0 Å². The van der Waals surface area contributed by atoms with Crippen molar-refractivity contribution in [2.75, 3.05) is 26.4 Å². The summed E-state index contributed by atoms with van der Waals surface area (Å²) in [6.45, 7) is 5.44. The van der Waals surface area contributed by atoms with Gasteiger partial charge in [0.05, 0.1) is 12.8 Å². The number of nitrogens with one attached hydrogen (secondary N) is 1. The van der Waals surface area contributed by atoms with E-state index in [0.717, 1.165) is 56.2 Å². The number of hydrogen-bond donors (Lipinski definition) is 2. The molecule has 1 atom stereocenters. The third-order valence-corrected chi connectivity index (χ3v) is 4.76.